The van der Waals surface area contributed by atoms with Gasteiger partial charge in [0.15, 0.2) is 0 Å². The molecule has 1 unspecified atom stereocenters. The Balaban J connectivity index is 2.37. The van der Waals surface area contributed by atoms with Gasteiger partial charge in [0.05, 0.1) is 11.7 Å². The van der Waals surface area contributed by atoms with Crippen LogP contribution in [0.15, 0.2) is 12.2 Å². The smallest absolute Gasteiger partial charge is 0.0970 e. The Morgan fingerprint density at radius 1 is 1.50 bits per heavy atom. The highest BCUT2D eigenvalue weighted by Gasteiger charge is 2.66. The summed E-state index contributed by atoms with van der Waals surface area (Å²) in [6, 6.07) is 0. The minimum Gasteiger partial charge on any atom is -0.390 e. The summed E-state index contributed by atoms with van der Waals surface area (Å²) in [5, 5.41) is 19.7. The summed E-state index contributed by atoms with van der Waals surface area (Å²) in [5.74, 6) is 0.408. The summed E-state index contributed by atoms with van der Waals surface area (Å²) in [7, 11) is 0. The van der Waals surface area contributed by atoms with E-state index in [4.69, 9.17) is 0 Å². The Kier molecular flexibility index (Phi) is 1.33. The van der Waals surface area contributed by atoms with E-state index in [9.17, 15) is 10.2 Å². The van der Waals surface area contributed by atoms with E-state index in [0.29, 0.717) is 18.8 Å². The van der Waals surface area contributed by atoms with E-state index in [2.05, 4.69) is 6.58 Å². The molecule has 0 spiro atoms. The minimum atomic E-state index is -0.848. The van der Waals surface area contributed by atoms with Crippen LogP contribution in [0, 0.1) is 11.3 Å². The van der Waals surface area contributed by atoms with E-state index in [1.54, 1.807) is 0 Å². The van der Waals surface area contributed by atoms with Crippen LogP contribution >= 0.6 is 0 Å². The molecule has 2 N–H and O–H groups in total. The average molecular weight is 168 g/mol. The topological polar surface area (TPSA) is 40.5 Å². The maximum absolute atomic E-state index is 10.1. The lowest BCUT2D eigenvalue weighted by Crippen LogP contribution is -2.70. The van der Waals surface area contributed by atoms with Crippen molar-refractivity contribution < 1.29 is 10.2 Å². The van der Waals surface area contributed by atoms with Gasteiger partial charge in [-0.25, -0.2) is 0 Å². The molecule has 3 atom stereocenters. The third-order valence-corrected chi connectivity index (χ3v) is 4.00. The largest absolute Gasteiger partial charge is 0.390 e. The minimum absolute atomic E-state index is 0.179. The molecule has 0 radical (unpaired) electrons. The van der Waals surface area contributed by atoms with Gasteiger partial charge in [-0.3, -0.25) is 0 Å². The van der Waals surface area contributed by atoms with Crippen LogP contribution in [0.4, 0.5) is 0 Å². The van der Waals surface area contributed by atoms with Crippen LogP contribution in [0.25, 0.3) is 0 Å². The first-order valence-corrected chi connectivity index (χ1v) is 4.47. The first kappa shape index (κ1) is 8.27. The van der Waals surface area contributed by atoms with E-state index < -0.39 is 11.7 Å². The van der Waals surface area contributed by atoms with Gasteiger partial charge in [0.1, 0.15) is 0 Å². The SMILES string of the molecule is C=C1C[C@@H](O)[C@@]2(O)CC1C2(C)C. The molecule has 3 rings (SSSR count). The van der Waals surface area contributed by atoms with Crippen LogP contribution in [0.2, 0.25) is 0 Å². The number of fused-ring (bicyclic) bond motifs is 2. The molecule has 0 aromatic rings. The van der Waals surface area contributed by atoms with Crippen molar-refractivity contribution in [3.8, 4) is 0 Å². The zero-order chi connectivity index (χ0) is 9.15. The molecule has 2 bridgehead atoms. The average Bonchev–Trinajstić information content (AvgIpc) is 1.96. The molecule has 2 heteroatoms. The maximum atomic E-state index is 10.1. The molecule has 0 amide bonds. The van der Waals surface area contributed by atoms with Gasteiger partial charge in [0.25, 0.3) is 0 Å². The van der Waals surface area contributed by atoms with Crippen molar-refractivity contribution >= 4 is 0 Å². The number of aliphatic hydroxyl groups excluding tert-OH is 1. The molecule has 3 saturated carbocycles. The van der Waals surface area contributed by atoms with E-state index in [0.717, 1.165) is 5.57 Å². The summed E-state index contributed by atoms with van der Waals surface area (Å²) in [6.45, 7) is 7.96. The number of aliphatic hydroxyl groups is 2. The summed E-state index contributed by atoms with van der Waals surface area (Å²) in [4.78, 5) is 0. The quantitative estimate of drug-likeness (QED) is 0.531. The molecular weight excluding hydrogens is 152 g/mol. The van der Waals surface area contributed by atoms with E-state index in [1.807, 2.05) is 13.8 Å². The molecule has 0 aromatic heterocycles. The summed E-state index contributed by atoms with van der Waals surface area (Å²) in [5.41, 5.74) is 0.0732. The van der Waals surface area contributed by atoms with E-state index in [-0.39, 0.29) is 5.41 Å². The molecule has 3 fully saturated rings. The van der Waals surface area contributed by atoms with Gasteiger partial charge >= 0.3 is 0 Å². The molecule has 12 heavy (non-hydrogen) atoms. The third-order valence-electron chi connectivity index (χ3n) is 4.00. The Labute approximate surface area is 72.9 Å². The predicted molar refractivity (Wildman–Crippen MR) is 46.6 cm³/mol. The predicted octanol–water partition coefficient (Wildman–Crippen LogP) is 1.08. The number of rotatable bonds is 0. The molecule has 0 heterocycles. The van der Waals surface area contributed by atoms with Crippen molar-refractivity contribution in [2.75, 3.05) is 0 Å². The lowest BCUT2D eigenvalue weighted by molar-refractivity contribution is -0.254. The Bertz CT molecular complexity index is 244. The zero-order valence-corrected chi connectivity index (χ0v) is 7.67. The van der Waals surface area contributed by atoms with Crippen molar-refractivity contribution in [3.05, 3.63) is 12.2 Å². The van der Waals surface area contributed by atoms with Gasteiger partial charge in [0.2, 0.25) is 0 Å². The standard InChI is InChI=1S/C10H16O2/c1-6-4-8(11)10(12)5-7(6)9(10,2)3/h7-8,11-12H,1,4-5H2,2-3H3/t7?,8-,10+/m1/s1. The Morgan fingerprint density at radius 2 is 2.08 bits per heavy atom. The molecule has 0 aromatic carbocycles. The Hall–Kier alpha value is -0.340. The van der Waals surface area contributed by atoms with E-state index >= 15 is 0 Å². The van der Waals surface area contributed by atoms with Gasteiger partial charge < -0.3 is 10.2 Å². The first-order chi connectivity index (χ1) is 5.39. The fraction of sp³-hybridized carbons (Fsp3) is 0.800. The van der Waals surface area contributed by atoms with Crippen LogP contribution in [0.5, 0.6) is 0 Å². The second kappa shape index (κ2) is 1.94. The lowest BCUT2D eigenvalue weighted by Gasteiger charge is -2.65. The summed E-state index contributed by atoms with van der Waals surface area (Å²) < 4.78 is 0. The monoisotopic (exact) mass is 168 g/mol. The first-order valence-electron chi connectivity index (χ1n) is 4.47. The molecule has 68 valence electrons. The van der Waals surface area contributed by atoms with Crippen LogP contribution in [0.1, 0.15) is 26.7 Å². The van der Waals surface area contributed by atoms with Crippen molar-refractivity contribution in [1.29, 1.82) is 0 Å². The molecular formula is C10H16O2. The number of hydrogen-bond acceptors (Lipinski definition) is 2. The van der Waals surface area contributed by atoms with Crippen LogP contribution < -0.4 is 0 Å². The third kappa shape index (κ3) is 0.639. The second-order valence-electron chi connectivity index (χ2n) is 4.78. The zero-order valence-electron chi connectivity index (χ0n) is 7.67. The molecule has 3 aliphatic carbocycles. The maximum Gasteiger partial charge on any atom is 0.0970 e. The van der Waals surface area contributed by atoms with Gasteiger partial charge in [-0.1, -0.05) is 26.0 Å². The number of hydrogen-bond donors (Lipinski definition) is 2. The summed E-state index contributed by atoms with van der Waals surface area (Å²) in [6.07, 6.45) is 0.662. The van der Waals surface area contributed by atoms with Gasteiger partial charge in [0, 0.05) is 5.41 Å². The van der Waals surface area contributed by atoms with E-state index in [1.165, 1.54) is 0 Å². The van der Waals surface area contributed by atoms with Crippen LogP contribution in [-0.2, 0) is 0 Å². The Morgan fingerprint density at radius 3 is 2.50 bits per heavy atom. The van der Waals surface area contributed by atoms with Crippen molar-refractivity contribution in [2.24, 2.45) is 11.3 Å². The second-order valence-corrected chi connectivity index (χ2v) is 4.78. The van der Waals surface area contributed by atoms with Crippen LogP contribution in [-0.4, -0.2) is 21.9 Å². The molecule has 0 aliphatic heterocycles. The van der Waals surface area contributed by atoms with Crippen molar-refractivity contribution in [2.45, 2.75) is 38.4 Å². The highest BCUT2D eigenvalue weighted by molar-refractivity contribution is 5.28. The van der Waals surface area contributed by atoms with Gasteiger partial charge in [-0.15, -0.1) is 0 Å². The fourth-order valence-corrected chi connectivity index (χ4v) is 2.78. The molecule has 2 nitrogen and oxygen atoms in total. The molecule has 3 aliphatic rings. The van der Waals surface area contributed by atoms with Gasteiger partial charge in [-0.05, 0) is 18.8 Å². The molecule has 0 saturated heterocycles. The fourth-order valence-electron chi connectivity index (χ4n) is 2.78. The normalized spacial score (nSPS) is 50.2. The van der Waals surface area contributed by atoms with Gasteiger partial charge in [-0.2, -0.15) is 0 Å². The van der Waals surface area contributed by atoms with Crippen molar-refractivity contribution in [3.63, 3.8) is 0 Å². The highest BCUT2D eigenvalue weighted by Crippen LogP contribution is 2.63. The van der Waals surface area contributed by atoms with Crippen LogP contribution in [0.3, 0.4) is 0 Å². The highest BCUT2D eigenvalue weighted by atomic mass is 16.3. The lowest BCUT2D eigenvalue weighted by atomic mass is 9.43. The summed E-state index contributed by atoms with van der Waals surface area (Å²) >= 11 is 0. The van der Waals surface area contributed by atoms with Crippen molar-refractivity contribution in [1.82, 2.24) is 0 Å².